The van der Waals surface area contributed by atoms with Gasteiger partial charge in [0.05, 0.1) is 6.04 Å². The first-order valence-corrected chi connectivity index (χ1v) is 7.51. The molecule has 3 rings (SSSR count). The van der Waals surface area contributed by atoms with Crippen molar-refractivity contribution in [3.05, 3.63) is 35.4 Å². The number of fused-ring (bicyclic) bond motifs is 1. The third-order valence-corrected chi connectivity index (χ3v) is 4.54. The molecule has 2 aliphatic rings. The zero-order valence-corrected chi connectivity index (χ0v) is 11.4. The van der Waals surface area contributed by atoms with Gasteiger partial charge in [0, 0.05) is 12.3 Å². The Morgan fingerprint density at radius 3 is 3.05 bits per heavy atom. The molecule has 0 bridgehead atoms. The highest BCUT2D eigenvalue weighted by Gasteiger charge is 2.27. The van der Waals surface area contributed by atoms with Crippen LogP contribution in [0.1, 0.15) is 23.6 Å². The number of nitrogens with zero attached hydrogens (tertiary/aromatic N) is 1. The van der Waals surface area contributed by atoms with E-state index in [-0.39, 0.29) is 23.7 Å². The first-order chi connectivity index (χ1) is 9.24. The molecule has 1 aromatic carbocycles. The van der Waals surface area contributed by atoms with Gasteiger partial charge in [0.2, 0.25) is 5.91 Å². The molecular formula is C14H16N2O2S. The van der Waals surface area contributed by atoms with E-state index in [1.807, 2.05) is 12.1 Å². The maximum atomic E-state index is 12.0. The van der Waals surface area contributed by atoms with Gasteiger partial charge in [-0.1, -0.05) is 36.0 Å². The highest BCUT2D eigenvalue weighted by Crippen LogP contribution is 2.30. The van der Waals surface area contributed by atoms with Gasteiger partial charge in [-0.25, -0.2) is 0 Å². The molecule has 100 valence electrons. The van der Waals surface area contributed by atoms with Crippen molar-refractivity contribution in [3.63, 3.8) is 0 Å². The molecule has 1 aliphatic heterocycles. The normalized spacial score (nSPS) is 21.6. The number of thioether (sulfide) groups is 1. The van der Waals surface area contributed by atoms with E-state index in [1.165, 1.54) is 22.9 Å². The van der Waals surface area contributed by atoms with E-state index in [0.29, 0.717) is 6.54 Å². The molecule has 1 N–H and O–H groups in total. The second-order valence-electron chi connectivity index (χ2n) is 4.89. The van der Waals surface area contributed by atoms with Crippen LogP contribution in [0.4, 0.5) is 4.79 Å². The number of carbonyl (C=O) groups excluding carboxylic acids is 2. The summed E-state index contributed by atoms with van der Waals surface area (Å²) in [7, 11) is 0. The summed E-state index contributed by atoms with van der Waals surface area (Å²) >= 11 is 1.29. The minimum Gasteiger partial charge on any atom is -0.348 e. The Kier molecular flexibility index (Phi) is 3.46. The number of nitrogens with one attached hydrogen (secondary N) is 1. The zero-order valence-electron chi connectivity index (χ0n) is 10.6. The molecule has 1 unspecified atom stereocenters. The number of benzene rings is 1. The standard InChI is InChI=1S/C14H16N2O2S/c17-13(9-16-7-8-19-14(16)18)15-12-6-5-10-3-1-2-4-11(10)12/h1-4,12H,5-9H2,(H,15,17). The predicted molar refractivity (Wildman–Crippen MR) is 75.1 cm³/mol. The van der Waals surface area contributed by atoms with Gasteiger partial charge in [-0.05, 0) is 24.0 Å². The number of hydrogen-bond donors (Lipinski definition) is 1. The van der Waals surface area contributed by atoms with Crippen LogP contribution < -0.4 is 5.32 Å². The summed E-state index contributed by atoms with van der Waals surface area (Å²) in [6.45, 7) is 0.864. The SMILES string of the molecule is O=C(CN1CCSC1=O)NC1CCc2ccccc21. The van der Waals surface area contributed by atoms with Crippen molar-refractivity contribution in [2.24, 2.45) is 0 Å². The number of aryl methyl sites for hydroxylation is 1. The Morgan fingerprint density at radius 1 is 1.42 bits per heavy atom. The second kappa shape index (κ2) is 5.25. The summed E-state index contributed by atoms with van der Waals surface area (Å²) in [5.41, 5.74) is 2.54. The van der Waals surface area contributed by atoms with Gasteiger partial charge in [0.25, 0.3) is 5.24 Å². The fourth-order valence-electron chi connectivity index (χ4n) is 2.69. The van der Waals surface area contributed by atoms with Gasteiger partial charge in [0.15, 0.2) is 0 Å². The Bertz CT molecular complexity index is 518. The maximum Gasteiger partial charge on any atom is 0.282 e. The summed E-state index contributed by atoms with van der Waals surface area (Å²) in [5, 5.41) is 3.06. The van der Waals surface area contributed by atoms with Gasteiger partial charge in [0.1, 0.15) is 6.54 Å². The van der Waals surface area contributed by atoms with Crippen LogP contribution in [0.5, 0.6) is 0 Å². The fraction of sp³-hybridized carbons (Fsp3) is 0.429. The Balaban J connectivity index is 1.60. The van der Waals surface area contributed by atoms with Crippen LogP contribution in [0.2, 0.25) is 0 Å². The lowest BCUT2D eigenvalue weighted by atomic mass is 10.1. The van der Waals surface area contributed by atoms with Crippen molar-refractivity contribution in [1.29, 1.82) is 0 Å². The molecule has 0 saturated carbocycles. The molecule has 4 nitrogen and oxygen atoms in total. The Morgan fingerprint density at radius 2 is 2.26 bits per heavy atom. The predicted octanol–water partition coefficient (Wildman–Crippen LogP) is 1.96. The minimum atomic E-state index is -0.0578. The van der Waals surface area contributed by atoms with E-state index in [9.17, 15) is 9.59 Å². The fourth-order valence-corrected chi connectivity index (χ4v) is 3.51. The second-order valence-corrected chi connectivity index (χ2v) is 5.94. The highest BCUT2D eigenvalue weighted by molar-refractivity contribution is 8.13. The third-order valence-electron chi connectivity index (χ3n) is 3.65. The van der Waals surface area contributed by atoms with Gasteiger partial charge in [-0.2, -0.15) is 0 Å². The molecule has 19 heavy (non-hydrogen) atoms. The first-order valence-electron chi connectivity index (χ1n) is 6.53. The molecule has 0 aromatic heterocycles. The molecule has 5 heteroatoms. The molecule has 2 amide bonds. The van der Waals surface area contributed by atoms with Crippen molar-refractivity contribution >= 4 is 22.9 Å². The molecule has 1 saturated heterocycles. The van der Waals surface area contributed by atoms with Crippen molar-refractivity contribution < 1.29 is 9.59 Å². The molecule has 1 heterocycles. The van der Waals surface area contributed by atoms with Gasteiger partial charge >= 0.3 is 0 Å². The molecule has 0 radical (unpaired) electrons. The zero-order chi connectivity index (χ0) is 13.2. The van der Waals surface area contributed by atoms with E-state index in [4.69, 9.17) is 0 Å². The minimum absolute atomic E-state index is 0.0157. The van der Waals surface area contributed by atoms with Crippen molar-refractivity contribution in [1.82, 2.24) is 10.2 Å². The number of amides is 2. The highest BCUT2D eigenvalue weighted by atomic mass is 32.2. The summed E-state index contributed by atoms with van der Waals surface area (Å²) in [5.74, 6) is 0.732. The van der Waals surface area contributed by atoms with E-state index < -0.39 is 0 Å². The van der Waals surface area contributed by atoms with Gasteiger partial charge < -0.3 is 10.2 Å². The lowest BCUT2D eigenvalue weighted by Crippen LogP contribution is -2.38. The van der Waals surface area contributed by atoms with Crippen LogP contribution in [-0.2, 0) is 11.2 Å². The monoisotopic (exact) mass is 276 g/mol. The molecular weight excluding hydrogens is 260 g/mol. The summed E-state index contributed by atoms with van der Waals surface area (Å²) < 4.78 is 0. The lowest BCUT2D eigenvalue weighted by Gasteiger charge is -2.18. The van der Waals surface area contributed by atoms with Crippen LogP contribution in [0, 0.1) is 0 Å². The molecule has 0 spiro atoms. The number of rotatable bonds is 3. The summed E-state index contributed by atoms with van der Waals surface area (Å²) in [6.07, 6.45) is 1.97. The van der Waals surface area contributed by atoms with Crippen LogP contribution >= 0.6 is 11.8 Å². The molecule has 1 aromatic rings. The van der Waals surface area contributed by atoms with Crippen LogP contribution in [0.3, 0.4) is 0 Å². The Hall–Kier alpha value is -1.49. The molecule has 1 aliphatic carbocycles. The van der Waals surface area contributed by atoms with Crippen LogP contribution in [0.25, 0.3) is 0 Å². The average Bonchev–Trinajstić information content (AvgIpc) is 2.98. The van der Waals surface area contributed by atoms with E-state index in [1.54, 1.807) is 4.90 Å². The number of hydrogen-bond acceptors (Lipinski definition) is 3. The van der Waals surface area contributed by atoms with Crippen molar-refractivity contribution in [2.45, 2.75) is 18.9 Å². The molecule has 1 atom stereocenters. The largest absolute Gasteiger partial charge is 0.348 e. The van der Waals surface area contributed by atoms with Gasteiger partial charge in [-0.3, -0.25) is 9.59 Å². The van der Waals surface area contributed by atoms with E-state index >= 15 is 0 Å². The van der Waals surface area contributed by atoms with Crippen LogP contribution in [0.15, 0.2) is 24.3 Å². The van der Waals surface area contributed by atoms with Crippen molar-refractivity contribution in [2.75, 3.05) is 18.8 Å². The topological polar surface area (TPSA) is 49.4 Å². The summed E-state index contributed by atoms with van der Waals surface area (Å²) in [4.78, 5) is 25.1. The van der Waals surface area contributed by atoms with E-state index in [2.05, 4.69) is 17.4 Å². The Labute approximate surface area is 116 Å². The van der Waals surface area contributed by atoms with Crippen molar-refractivity contribution in [3.8, 4) is 0 Å². The average molecular weight is 276 g/mol. The molecule has 1 fully saturated rings. The number of carbonyl (C=O) groups is 2. The first kappa shape index (κ1) is 12.5. The lowest BCUT2D eigenvalue weighted by molar-refractivity contribution is -0.122. The quantitative estimate of drug-likeness (QED) is 0.918. The third kappa shape index (κ3) is 2.61. The smallest absolute Gasteiger partial charge is 0.282 e. The maximum absolute atomic E-state index is 12.0. The van der Waals surface area contributed by atoms with Gasteiger partial charge in [-0.15, -0.1) is 0 Å². The van der Waals surface area contributed by atoms with E-state index in [0.717, 1.165) is 18.6 Å². The van der Waals surface area contributed by atoms with Crippen LogP contribution in [-0.4, -0.2) is 34.9 Å². The summed E-state index contributed by atoms with van der Waals surface area (Å²) in [6, 6.07) is 8.33.